The van der Waals surface area contributed by atoms with Gasteiger partial charge in [-0.1, -0.05) is 17.7 Å². The molecule has 0 aliphatic rings. The highest BCUT2D eigenvalue weighted by Crippen LogP contribution is 2.08. The van der Waals surface area contributed by atoms with Crippen LogP contribution in [0.25, 0.3) is 0 Å². The van der Waals surface area contributed by atoms with Crippen molar-refractivity contribution in [2.75, 3.05) is 0 Å². The Morgan fingerprint density at radius 2 is 2.20 bits per heavy atom. The Bertz CT molecular complexity index is 281. The van der Waals surface area contributed by atoms with E-state index in [2.05, 4.69) is 13.0 Å². The molecule has 1 rings (SSSR count). The molecule has 1 aromatic carbocycles. The number of benzene rings is 1. The summed E-state index contributed by atoms with van der Waals surface area (Å²) in [7, 11) is 0. The first-order valence-electron chi connectivity index (χ1n) is 3.07. The molecule has 0 bridgehead atoms. The molecule has 0 spiro atoms. The van der Waals surface area contributed by atoms with Crippen LogP contribution in [0.3, 0.4) is 0 Å². The highest BCUT2D eigenvalue weighted by Gasteiger charge is 1.94. The van der Waals surface area contributed by atoms with Gasteiger partial charge in [0.25, 0.3) is 0 Å². The van der Waals surface area contributed by atoms with Crippen LogP contribution in [0.15, 0.2) is 18.2 Å². The van der Waals surface area contributed by atoms with E-state index < -0.39 is 0 Å². The van der Waals surface area contributed by atoms with Gasteiger partial charge >= 0.3 is 0 Å². The van der Waals surface area contributed by atoms with Crippen molar-refractivity contribution in [3.63, 3.8) is 0 Å². The lowest BCUT2D eigenvalue weighted by molar-refractivity contribution is 1.40. The first kappa shape index (κ1) is 6.82. The van der Waals surface area contributed by atoms with Crippen LogP contribution in [0.2, 0.25) is 0 Å². The third-order valence-electron chi connectivity index (χ3n) is 1.38. The molecule has 0 atom stereocenters. The largest absolute Gasteiger partial charge is 0.192 e. The molecule has 0 amide bonds. The molecule has 1 nitrogen and oxygen atoms in total. The lowest BCUT2D eigenvalue weighted by Crippen LogP contribution is -1.81. The number of hydrogen-bond donors (Lipinski definition) is 0. The molecular formula is C9H8N. The first-order chi connectivity index (χ1) is 4.74. The van der Waals surface area contributed by atoms with E-state index in [1.54, 1.807) is 6.07 Å². The minimum atomic E-state index is 0.658. The number of nitrogens with zero attached hydrogens (tertiary/aromatic N) is 1. The van der Waals surface area contributed by atoms with Crippen LogP contribution < -0.4 is 0 Å². The topological polar surface area (TPSA) is 23.8 Å². The number of rotatable bonds is 0. The molecule has 1 radical (unpaired) electrons. The Labute approximate surface area is 60.9 Å². The lowest BCUT2D eigenvalue weighted by atomic mass is 10.1. The van der Waals surface area contributed by atoms with E-state index >= 15 is 0 Å². The molecule has 49 valence electrons. The van der Waals surface area contributed by atoms with Crippen LogP contribution in [-0.2, 0) is 0 Å². The van der Waals surface area contributed by atoms with Crippen LogP contribution in [0.5, 0.6) is 0 Å². The lowest BCUT2D eigenvalue weighted by Gasteiger charge is -1.96. The van der Waals surface area contributed by atoms with E-state index in [0.717, 1.165) is 11.1 Å². The second kappa shape index (κ2) is 2.53. The zero-order valence-electron chi connectivity index (χ0n) is 5.89. The van der Waals surface area contributed by atoms with Gasteiger partial charge in [0.1, 0.15) is 0 Å². The molecule has 0 aliphatic carbocycles. The van der Waals surface area contributed by atoms with E-state index in [9.17, 15) is 0 Å². The van der Waals surface area contributed by atoms with Crippen molar-refractivity contribution in [3.05, 3.63) is 41.8 Å². The number of nitriles is 1. The maximum atomic E-state index is 8.52. The number of hydrogen-bond acceptors (Lipinski definition) is 1. The van der Waals surface area contributed by atoms with Crippen LogP contribution >= 0.6 is 0 Å². The van der Waals surface area contributed by atoms with Gasteiger partial charge in [0.2, 0.25) is 0 Å². The number of aryl methyl sites for hydroxylation is 1. The molecule has 0 saturated heterocycles. The molecule has 0 N–H and O–H groups in total. The molecule has 10 heavy (non-hydrogen) atoms. The standard InChI is InChI=1S/C9H8N/c1-7-3-4-9(6-10)8(2)5-7/h3-5H,2H2,1H3. The van der Waals surface area contributed by atoms with Crippen molar-refractivity contribution in [2.24, 2.45) is 0 Å². The van der Waals surface area contributed by atoms with Gasteiger partial charge in [-0.3, -0.25) is 0 Å². The Morgan fingerprint density at radius 3 is 2.70 bits per heavy atom. The van der Waals surface area contributed by atoms with Gasteiger partial charge in [0.05, 0.1) is 11.6 Å². The summed E-state index contributed by atoms with van der Waals surface area (Å²) < 4.78 is 0. The van der Waals surface area contributed by atoms with Crippen molar-refractivity contribution in [3.8, 4) is 6.07 Å². The fourth-order valence-electron chi connectivity index (χ4n) is 0.832. The Morgan fingerprint density at radius 1 is 1.50 bits per heavy atom. The molecule has 0 aromatic heterocycles. The van der Waals surface area contributed by atoms with Crippen LogP contribution in [0.1, 0.15) is 16.7 Å². The quantitative estimate of drug-likeness (QED) is 0.527. The van der Waals surface area contributed by atoms with Crippen molar-refractivity contribution in [2.45, 2.75) is 6.92 Å². The highest BCUT2D eigenvalue weighted by molar-refractivity contribution is 5.41. The smallest absolute Gasteiger partial charge is 0.0994 e. The van der Waals surface area contributed by atoms with Gasteiger partial charge < -0.3 is 0 Å². The molecule has 0 saturated carbocycles. The summed E-state index contributed by atoms with van der Waals surface area (Å²) in [6.07, 6.45) is 0. The summed E-state index contributed by atoms with van der Waals surface area (Å²) in [5.74, 6) is 0. The van der Waals surface area contributed by atoms with Crippen LogP contribution in [0, 0.1) is 25.2 Å². The summed E-state index contributed by atoms with van der Waals surface area (Å²) in [6.45, 7) is 5.71. The van der Waals surface area contributed by atoms with Gasteiger partial charge in [-0.15, -0.1) is 0 Å². The van der Waals surface area contributed by atoms with E-state index in [-0.39, 0.29) is 0 Å². The predicted octanol–water partition coefficient (Wildman–Crippen LogP) is 2.05. The Kier molecular flexibility index (Phi) is 1.73. The molecule has 1 heteroatoms. The van der Waals surface area contributed by atoms with E-state index in [4.69, 9.17) is 5.26 Å². The summed E-state index contributed by atoms with van der Waals surface area (Å²) in [5, 5.41) is 8.52. The minimum absolute atomic E-state index is 0.658. The zero-order valence-corrected chi connectivity index (χ0v) is 5.89. The molecule has 0 unspecified atom stereocenters. The normalized spacial score (nSPS) is 8.90. The molecule has 0 aliphatic heterocycles. The van der Waals surface area contributed by atoms with Gasteiger partial charge in [-0.25, -0.2) is 0 Å². The summed E-state index contributed by atoms with van der Waals surface area (Å²) in [5.41, 5.74) is 2.61. The summed E-state index contributed by atoms with van der Waals surface area (Å²) in [6, 6.07) is 7.66. The van der Waals surface area contributed by atoms with Gasteiger partial charge in [-0.05, 0) is 25.5 Å². The minimum Gasteiger partial charge on any atom is -0.192 e. The fraction of sp³-hybridized carbons (Fsp3) is 0.111. The average molecular weight is 130 g/mol. The Hall–Kier alpha value is -1.29. The zero-order chi connectivity index (χ0) is 7.56. The van der Waals surface area contributed by atoms with Crippen molar-refractivity contribution < 1.29 is 0 Å². The van der Waals surface area contributed by atoms with Gasteiger partial charge in [0, 0.05) is 0 Å². The summed E-state index contributed by atoms with van der Waals surface area (Å²) >= 11 is 0. The third-order valence-corrected chi connectivity index (χ3v) is 1.38. The fourth-order valence-corrected chi connectivity index (χ4v) is 0.832. The predicted molar refractivity (Wildman–Crippen MR) is 40.4 cm³/mol. The van der Waals surface area contributed by atoms with Crippen LogP contribution in [0.4, 0.5) is 0 Å². The maximum Gasteiger partial charge on any atom is 0.0994 e. The first-order valence-corrected chi connectivity index (χ1v) is 3.07. The monoisotopic (exact) mass is 130 g/mol. The Balaban J connectivity index is 3.23. The third kappa shape index (κ3) is 1.16. The highest BCUT2D eigenvalue weighted by atomic mass is 14.2. The van der Waals surface area contributed by atoms with E-state index in [0.29, 0.717) is 5.56 Å². The maximum absolute atomic E-state index is 8.52. The van der Waals surface area contributed by atoms with Crippen molar-refractivity contribution in [1.82, 2.24) is 0 Å². The van der Waals surface area contributed by atoms with Crippen LogP contribution in [-0.4, -0.2) is 0 Å². The van der Waals surface area contributed by atoms with E-state index in [1.165, 1.54) is 0 Å². The molecule has 1 aromatic rings. The molecule has 0 fully saturated rings. The SMILES string of the molecule is [CH2]c1cc(C)ccc1C#N. The second-order valence-corrected chi connectivity index (χ2v) is 2.27. The summed E-state index contributed by atoms with van der Waals surface area (Å²) in [4.78, 5) is 0. The molecular weight excluding hydrogens is 122 g/mol. The van der Waals surface area contributed by atoms with E-state index in [1.807, 2.05) is 19.1 Å². The van der Waals surface area contributed by atoms with Crippen molar-refractivity contribution in [1.29, 1.82) is 5.26 Å². The molecule has 0 heterocycles. The average Bonchev–Trinajstić information content (AvgIpc) is 1.88. The van der Waals surface area contributed by atoms with Gasteiger partial charge in [0.15, 0.2) is 0 Å². The second-order valence-electron chi connectivity index (χ2n) is 2.27. The van der Waals surface area contributed by atoms with Crippen molar-refractivity contribution >= 4 is 0 Å². The van der Waals surface area contributed by atoms with Gasteiger partial charge in [-0.2, -0.15) is 5.26 Å².